The molecule has 1 N–H and O–H groups in total. The van der Waals surface area contributed by atoms with Crippen LogP contribution in [-0.2, 0) is 6.42 Å². The van der Waals surface area contributed by atoms with Crippen molar-refractivity contribution >= 4 is 11.9 Å². The van der Waals surface area contributed by atoms with E-state index in [1.54, 1.807) is 13.2 Å². The second-order valence-corrected chi connectivity index (χ2v) is 10.0. The van der Waals surface area contributed by atoms with Crippen molar-refractivity contribution < 1.29 is 9.59 Å². The molecule has 0 radical (unpaired) electrons. The third kappa shape index (κ3) is 5.23. The fourth-order valence-electron chi connectivity index (χ4n) is 5.47. The minimum atomic E-state index is -0.122. The van der Waals surface area contributed by atoms with Gasteiger partial charge in [-0.1, -0.05) is 59.8 Å². The summed E-state index contributed by atoms with van der Waals surface area (Å²) in [4.78, 5) is 27.4. The highest BCUT2D eigenvalue weighted by Crippen LogP contribution is 2.30. The summed E-state index contributed by atoms with van der Waals surface area (Å²) >= 11 is 0. The summed E-state index contributed by atoms with van der Waals surface area (Å²) in [6, 6.07) is 22.3. The Morgan fingerprint density at radius 3 is 2.32 bits per heavy atom. The lowest BCUT2D eigenvalue weighted by Crippen LogP contribution is -2.46. The lowest BCUT2D eigenvalue weighted by molar-refractivity contribution is 0.0963. The smallest absolute Gasteiger partial charge is 0.346 e. The molecule has 1 aliphatic heterocycles. The number of carbonyl (C=O) groups excluding carboxylic acids is 2. The summed E-state index contributed by atoms with van der Waals surface area (Å²) in [6.45, 7) is 4.77. The second-order valence-electron chi connectivity index (χ2n) is 10.0. The number of likely N-dealkylation sites (tertiary alicyclic amines) is 1. The topological polar surface area (TPSA) is 80.1 Å². The molecule has 1 fully saturated rings. The summed E-state index contributed by atoms with van der Waals surface area (Å²) in [7, 11) is 1.64. The highest BCUT2D eigenvalue weighted by atomic mass is 16.2. The van der Waals surface area contributed by atoms with Gasteiger partial charge in [-0.15, -0.1) is 5.10 Å². The maximum atomic E-state index is 13.4. The number of aromatic nitrogens is 3. The monoisotopic (exact) mass is 507 g/mol. The Hall–Kier alpha value is -4.26. The summed E-state index contributed by atoms with van der Waals surface area (Å²) in [6.07, 6.45) is 5.69. The first-order chi connectivity index (χ1) is 18.4. The summed E-state index contributed by atoms with van der Waals surface area (Å²) in [5, 5.41) is 11.2. The van der Waals surface area contributed by atoms with Gasteiger partial charge >= 0.3 is 6.03 Å². The van der Waals surface area contributed by atoms with Crippen molar-refractivity contribution in [1.82, 2.24) is 25.2 Å². The molecule has 0 spiro atoms. The van der Waals surface area contributed by atoms with Gasteiger partial charge < -0.3 is 10.2 Å². The summed E-state index contributed by atoms with van der Waals surface area (Å²) in [5.74, 6) is -0.0910. The van der Waals surface area contributed by atoms with Crippen LogP contribution in [0.5, 0.6) is 0 Å². The maximum Gasteiger partial charge on any atom is 0.346 e. The van der Waals surface area contributed by atoms with Crippen LogP contribution in [0, 0.1) is 13.8 Å². The zero-order valence-corrected chi connectivity index (χ0v) is 22.1. The molecule has 0 saturated carbocycles. The number of amides is 2. The molecule has 0 aliphatic carbocycles. The fourth-order valence-corrected chi connectivity index (χ4v) is 5.47. The molecular formula is C31H33N5O2. The minimum Gasteiger partial charge on any atom is -0.355 e. The molecule has 3 aromatic carbocycles. The van der Waals surface area contributed by atoms with E-state index in [1.807, 2.05) is 73.3 Å². The van der Waals surface area contributed by atoms with E-state index >= 15 is 0 Å². The molecule has 7 heteroatoms. The molecule has 1 aromatic heterocycles. The van der Waals surface area contributed by atoms with Gasteiger partial charge in [-0.2, -0.15) is 4.68 Å². The van der Waals surface area contributed by atoms with E-state index in [9.17, 15) is 9.59 Å². The Balaban J connectivity index is 1.33. The molecule has 1 unspecified atom stereocenters. The third-order valence-electron chi connectivity index (χ3n) is 7.37. The molecule has 2 heterocycles. The van der Waals surface area contributed by atoms with Crippen molar-refractivity contribution in [3.8, 4) is 22.4 Å². The van der Waals surface area contributed by atoms with Crippen LogP contribution in [-0.4, -0.2) is 51.5 Å². The average Bonchev–Trinajstić information content (AvgIpc) is 3.43. The number of aryl methyl sites for hydroxylation is 2. The van der Waals surface area contributed by atoms with Gasteiger partial charge in [0.2, 0.25) is 0 Å². The number of hydrogen-bond donors (Lipinski definition) is 1. The molecule has 38 heavy (non-hydrogen) atoms. The molecule has 5 rings (SSSR count). The summed E-state index contributed by atoms with van der Waals surface area (Å²) in [5.41, 5.74) is 7.70. The Kier molecular flexibility index (Phi) is 7.36. The number of piperidine rings is 1. The molecule has 1 saturated heterocycles. The van der Waals surface area contributed by atoms with E-state index in [2.05, 4.69) is 27.8 Å². The third-order valence-corrected chi connectivity index (χ3v) is 7.37. The van der Waals surface area contributed by atoms with Crippen LogP contribution in [0.15, 0.2) is 72.9 Å². The molecule has 0 bridgehead atoms. The predicted molar refractivity (Wildman–Crippen MR) is 149 cm³/mol. The van der Waals surface area contributed by atoms with Crippen molar-refractivity contribution in [3.05, 3.63) is 95.2 Å². The van der Waals surface area contributed by atoms with Crippen LogP contribution < -0.4 is 5.32 Å². The van der Waals surface area contributed by atoms with Gasteiger partial charge in [0.05, 0.1) is 6.20 Å². The zero-order valence-electron chi connectivity index (χ0n) is 22.1. The summed E-state index contributed by atoms with van der Waals surface area (Å²) < 4.78 is 1.37. The first-order valence-corrected chi connectivity index (χ1v) is 13.2. The van der Waals surface area contributed by atoms with E-state index in [0.717, 1.165) is 60.0 Å². The first kappa shape index (κ1) is 25.4. The van der Waals surface area contributed by atoms with Crippen LogP contribution in [0.4, 0.5) is 4.79 Å². The highest BCUT2D eigenvalue weighted by molar-refractivity contribution is 5.95. The number of carbonyl (C=O) groups is 2. The minimum absolute atomic E-state index is 0.0910. The van der Waals surface area contributed by atoms with Crippen molar-refractivity contribution in [2.24, 2.45) is 0 Å². The van der Waals surface area contributed by atoms with E-state index in [0.29, 0.717) is 11.3 Å². The number of nitrogens with zero attached hydrogens (tertiary/aromatic N) is 4. The molecule has 194 valence electrons. The molecule has 1 aliphatic rings. The van der Waals surface area contributed by atoms with Crippen LogP contribution in [0.3, 0.4) is 0 Å². The first-order valence-electron chi connectivity index (χ1n) is 13.2. The fraction of sp³-hybridized carbons (Fsp3) is 0.290. The van der Waals surface area contributed by atoms with Crippen LogP contribution in [0.2, 0.25) is 0 Å². The molecular weight excluding hydrogens is 474 g/mol. The Labute approximate surface area is 223 Å². The van der Waals surface area contributed by atoms with Crippen molar-refractivity contribution in [1.29, 1.82) is 0 Å². The number of rotatable bonds is 5. The van der Waals surface area contributed by atoms with Gasteiger partial charge in [-0.3, -0.25) is 4.79 Å². The van der Waals surface area contributed by atoms with Gasteiger partial charge in [0, 0.05) is 30.8 Å². The van der Waals surface area contributed by atoms with E-state index < -0.39 is 0 Å². The van der Waals surface area contributed by atoms with E-state index in [-0.39, 0.29) is 18.0 Å². The molecule has 2 amide bonds. The quantitative estimate of drug-likeness (QED) is 0.378. The van der Waals surface area contributed by atoms with Crippen molar-refractivity contribution in [2.45, 2.75) is 45.6 Å². The van der Waals surface area contributed by atoms with E-state index in [4.69, 9.17) is 0 Å². The number of benzene rings is 3. The van der Waals surface area contributed by atoms with Gasteiger partial charge in [0.25, 0.3) is 5.91 Å². The Morgan fingerprint density at radius 1 is 0.947 bits per heavy atom. The van der Waals surface area contributed by atoms with E-state index in [1.165, 1.54) is 10.2 Å². The average molecular weight is 508 g/mol. The molecule has 7 nitrogen and oxygen atoms in total. The standard InChI is InChI=1S/C31H33N5O2/c1-21-17-26(30(37)32-3)18-22(2)29(21)25-14-12-24(13-15-25)28-20-36(34-33-28)31(38)35-16-8-7-11-27(35)19-23-9-5-4-6-10-23/h4-6,9-10,12-15,17-18,20,27H,7-8,11,16,19H2,1-3H3,(H,32,37). The van der Waals surface area contributed by atoms with Gasteiger partial charge in [-0.05, 0) is 79.5 Å². The van der Waals surface area contributed by atoms with Crippen LogP contribution in [0.25, 0.3) is 22.4 Å². The van der Waals surface area contributed by atoms with Crippen molar-refractivity contribution in [2.75, 3.05) is 13.6 Å². The lowest BCUT2D eigenvalue weighted by atomic mass is 9.92. The predicted octanol–water partition coefficient (Wildman–Crippen LogP) is 5.65. The van der Waals surface area contributed by atoms with Gasteiger partial charge in [-0.25, -0.2) is 4.79 Å². The molecule has 1 atom stereocenters. The SMILES string of the molecule is CNC(=O)c1cc(C)c(-c2ccc(-c3cn(C(=O)N4CCCCC4Cc4ccccc4)nn3)cc2)c(C)c1. The maximum absolute atomic E-state index is 13.4. The highest BCUT2D eigenvalue weighted by Gasteiger charge is 2.28. The Morgan fingerprint density at radius 2 is 1.63 bits per heavy atom. The van der Waals surface area contributed by atoms with Crippen LogP contribution >= 0.6 is 0 Å². The Bertz CT molecular complexity index is 1420. The van der Waals surface area contributed by atoms with Crippen LogP contribution in [0.1, 0.15) is 46.3 Å². The number of nitrogens with one attached hydrogen (secondary N) is 1. The largest absolute Gasteiger partial charge is 0.355 e. The zero-order chi connectivity index (χ0) is 26.6. The van der Waals surface area contributed by atoms with Gasteiger partial charge in [0.1, 0.15) is 5.69 Å². The van der Waals surface area contributed by atoms with Gasteiger partial charge in [0.15, 0.2) is 0 Å². The molecule has 4 aromatic rings. The number of hydrogen-bond acceptors (Lipinski definition) is 4. The van der Waals surface area contributed by atoms with Crippen molar-refractivity contribution in [3.63, 3.8) is 0 Å². The normalized spacial score (nSPS) is 15.3. The second kappa shape index (κ2) is 11.0. The lowest BCUT2D eigenvalue weighted by Gasteiger charge is -2.35.